The Labute approximate surface area is 90.0 Å². The van der Waals surface area contributed by atoms with Crippen molar-refractivity contribution in [1.82, 2.24) is 0 Å². The topological polar surface area (TPSA) is 35.5 Å². The van der Waals surface area contributed by atoms with Crippen molar-refractivity contribution in [2.45, 2.75) is 19.8 Å². The Balaban J connectivity index is 3.06. The first-order valence-electron chi connectivity index (χ1n) is 4.99. The van der Waals surface area contributed by atoms with Crippen LogP contribution in [0, 0.1) is 0 Å². The summed E-state index contributed by atoms with van der Waals surface area (Å²) in [5.41, 5.74) is 0.860. The van der Waals surface area contributed by atoms with Gasteiger partial charge in [-0.2, -0.15) is 0 Å². The number of benzene rings is 1. The Bertz CT molecular complexity index is 334. The van der Waals surface area contributed by atoms with E-state index in [0.29, 0.717) is 6.61 Å². The number of hydrogen-bond donors (Lipinski definition) is 0. The summed E-state index contributed by atoms with van der Waals surface area (Å²) in [6.45, 7) is 4.37. The van der Waals surface area contributed by atoms with Gasteiger partial charge in [-0.05, 0) is 25.1 Å². The van der Waals surface area contributed by atoms with Crippen LogP contribution in [0.25, 0.3) is 0 Å². The van der Waals surface area contributed by atoms with Gasteiger partial charge in [0.1, 0.15) is 17.8 Å². The number of carbonyl (C=O) groups is 1. The van der Waals surface area contributed by atoms with Gasteiger partial charge in [-0.15, -0.1) is 0 Å². The molecule has 0 N–H and O–H groups in total. The number of ether oxygens (including phenoxy) is 2. The van der Waals surface area contributed by atoms with Crippen molar-refractivity contribution in [2.75, 3.05) is 13.7 Å². The van der Waals surface area contributed by atoms with Crippen molar-refractivity contribution < 1.29 is 14.3 Å². The Kier molecular flexibility index (Phi) is 4.16. The summed E-state index contributed by atoms with van der Waals surface area (Å²) >= 11 is 0. The molecule has 0 bridgehead atoms. The molecule has 1 rings (SSSR count). The highest BCUT2D eigenvalue weighted by molar-refractivity contribution is 5.64. The molecule has 0 fully saturated rings. The van der Waals surface area contributed by atoms with Crippen molar-refractivity contribution >= 4 is 6.29 Å². The number of methoxy groups -OCH3 is 1. The molecule has 0 aromatic heterocycles. The Morgan fingerprint density at radius 2 is 2.20 bits per heavy atom. The summed E-state index contributed by atoms with van der Waals surface area (Å²) in [6.07, 6.45) is 0.896. The molecule has 82 valence electrons. The smallest absolute Gasteiger partial charge is 0.127 e. The Morgan fingerprint density at radius 3 is 2.73 bits per heavy atom. The zero-order valence-corrected chi connectivity index (χ0v) is 9.32. The third kappa shape index (κ3) is 2.72. The fourth-order valence-electron chi connectivity index (χ4n) is 1.40. The number of carbonyl (C=O) groups excluding carboxylic acids is 1. The zero-order valence-electron chi connectivity index (χ0n) is 9.32. The minimum Gasteiger partial charge on any atom is -0.496 e. The van der Waals surface area contributed by atoms with Gasteiger partial charge >= 0.3 is 0 Å². The molecule has 0 saturated heterocycles. The normalized spacial score (nSPS) is 11.9. The van der Waals surface area contributed by atoms with Crippen LogP contribution in [-0.2, 0) is 4.79 Å². The molecule has 1 unspecified atom stereocenters. The van der Waals surface area contributed by atoms with Crippen LogP contribution in [0.4, 0.5) is 0 Å². The highest BCUT2D eigenvalue weighted by Crippen LogP contribution is 2.29. The van der Waals surface area contributed by atoms with E-state index in [2.05, 4.69) is 0 Å². The van der Waals surface area contributed by atoms with Crippen LogP contribution < -0.4 is 9.47 Å². The van der Waals surface area contributed by atoms with Crippen LogP contribution in [0.3, 0.4) is 0 Å². The van der Waals surface area contributed by atoms with Crippen molar-refractivity contribution in [3.63, 3.8) is 0 Å². The SMILES string of the molecule is CCOc1ccc(OC)c(C(C)C=O)c1. The quantitative estimate of drug-likeness (QED) is 0.697. The maximum atomic E-state index is 10.7. The third-order valence-corrected chi connectivity index (χ3v) is 2.21. The van der Waals surface area contributed by atoms with E-state index in [1.165, 1.54) is 0 Å². The summed E-state index contributed by atoms with van der Waals surface area (Å²) in [5, 5.41) is 0. The first-order valence-corrected chi connectivity index (χ1v) is 4.99. The first kappa shape index (κ1) is 11.6. The molecule has 0 heterocycles. The van der Waals surface area contributed by atoms with Gasteiger partial charge in [-0.3, -0.25) is 0 Å². The average molecular weight is 208 g/mol. The molecule has 3 heteroatoms. The molecule has 0 saturated carbocycles. The Hall–Kier alpha value is -1.51. The summed E-state index contributed by atoms with van der Waals surface area (Å²) < 4.78 is 10.6. The van der Waals surface area contributed by atoms with Gasteiger partial charge in [0.05, 0.1) is 13.7 Å². The molecular formula is C12H16O3. The van der Waals surface area contributed by atoms with Gasteiger partial charge in [0.25, 0.3) is 0 Å². The lowest BCUT2D eigenvalue weighted by Gasteiger charge is -2.12. The highest BCUT2D eigenvalue weighted by Gasteiger charge is 2.11. The molecule has 0 amide bonds. The monoisotopic (exact) mass is 208 g/mol. The lowest BCUT2D eigenvalue weighted by Crippen LogP contribution is -2.00. The number of hydrogen-bond acceptors (Lipinski definition) is 3. The van der Waals surface area contributed by atoms with Crippen LogP contribution in [0.1, 0.15) is 25.3 Å². The fourth-order valence-corrected chi connectivity index (χ4v) is 1.40. The molecule has 15 heavy (non-hydrogen) atoms. The zero-order chi connectivity index (χ0) is 11.3. The summed E-state index contributed by atoms with van der Waals surface area (Å²) in [7, 11) is 1.59. The lowest BCUT2D eigenvalue weighted by molar-refractivity contribution is -0.108. The van der Waals surface area contributed by atoms with E-state index in [4.69, 9.17) is 9.47 Å². The summed E-state index contributed by atoms with van der Waals surface area (Å²) in [5.74, 6) is 1.31. The van der Waals surface area contributed by atoms with Crippen molar-refractivity contribution in [3.8, 4) is 11.5 Å². The van der Waals surface area contributed by atoms with E-state index >= 15 is 0 Å². The minimum absolute atomic E-state index is 0.180. The molecule has 1 aromatic carbocycles. The maximum absolute atomic E-state index is 10.7. The van der Waals surface area contributed by atoms with Crippen LogP contribution in [0.15, 0.2) is 18.2 Å². The van der Waals surface area contributed by atoms with Gasteiger partial charge in [-0.1, -0.05) is 6.92 Å². The molecule has 0 radical (unpaired) electrons. The summed E-state index contributed by atoms with van der Waals surface area (Å²) in [6, 6.07) is 5.51. The van der Waals surface area contributed by atoms with E-state index < -0.39 is 0 Å². The average Bonchev–Trinajstić information content (AvgIpc) is 2.28. The van der Waals surface area contributed by atoms with Gasteiger partial charge < -0.3 is 14.3 Å². The van der Waals surface area contributed by atoms with Crippen LogP contribution in [0.5, 0.6) is 11.5 Å². The molecule has 1 atom stereocenters. The van der Waals surface area contributed by atoms with Crippen LogP contribution >= 0.6 is 0 Å². The standard InChI is InChI=1S/C12H16O3/c1-4-15-10-5-6-12(14-3)11(7-10)9(2)8-13/h5-9H,4H2,1-3H3. The van der Waals surface area contributed by atoms with Gasteiger partial charge in [0, 0.05) is 11.5 Å². The van der Waals surface area contributed by atoms with E-state index in [1.807, 2.05) is 32.0 Å². The molecule has 1 aromatic rings. The maximum Gasteiger partial charge on any atom is 0.127 e. The molecular weight excluding hydrogens is 192 g/mol. The minimum atomic E-state index is -0.180. The van der Waals surface area contributed by atoms with Gasteiger partial charge in [0.15, 0.2) is 0 Å². The van der Waals surface area contributed by atoms with E-state index in [0.717, 1.165) is 23.3 Å². The first-order chi connectivity index (χ1) is 7.22. The van der Waals surface area contributed by atoms with Crippen molar-refractivity contribution in [2.24, 2.45) is 0 Å². The van der Waals surface area contributed by atoms with E-state index in [-0.39, 0.29) is 5.92 Å². The van der Waals surface area contributed by atoms with Crippen LogP contribution in [-0.4, -0.2) is 20.0 Å². The molecule has 0 aliphatic heterocycles. The Morgan fingerprint density at radius 1 is 1.47 bits per heavy atom. The largest absolute Gasteiger partial charge is 0.496 e. The van der Waals surface area contributed by atoms with Gasteiger partial charge in [-0.25, -0.2) is 0 Å². The second-order valence-corrected chi connectivity index (χ2v) is 3.26. The van der Waals surface area contributed by atoms with Crippen molar-refractivity contribution in [3.05, 3.63) is 23.8 Å². The predicted molar refractivity (Wildman–Crippen MR) is 58.6 cm³/mol. The summed E-state index contributed by atoms with van der Waals surface area (Å²) in [4.78, 5) is 10.7. The number of rotatable bonds is 5. The fraction of sp³-hybridized carbons (Fsp3) is 0.417. The molecule has 0 aliphatic carbocycles. The second-order valence-electron chi connectivity index (χ2n) is 3.26. The molecule has 3 nitrogen and oxygen atoms in total. The molecule has 0 spiro atoms. The number of aldehydes is 1. The second kappa shape index (κ2) is 5.39. The van der Waals surface area contributed by atoms with Crippen LogP contribution in [0.2, 0.25) is 0 Å². The van der Waals surface area contributed by atoms with Crippen molar-refractivity contribution in [1.29, 1.82) is 0 Å². The lowest BCUT2D eigenvalue weighted by atomic mass is 10.0. The van der Waals surface area contributed by atoms with E-state index in [1.54, 1.807) is 7.11 Å². The van der Waals surface area contributed by atoms with E-state index in [9.17, 15) is 4.79 Å². The third-order valence-electron chi connectivity index (χ3n) is 2.21. The van der Waals surface area contributed by atoms with Gasteiger partial charge in [0.2, 0.25) is 0 Å². The molecule has 0 aliphatic rings. The predicted octanol–water partition coefficient (Wildman–Crippen LogP) is 2.40. The highest BCUT2D eigenvalue weighted by atomic mass is 16.5.